The molecule has 3 aliphatic heterocycles. The molecule has 1 aromatic carbocycles. The van der Waals surface area contributed by atoms with E-state index in [1.807, 2.05) is 26.0 Å². The van der Waals surface area contributed by atoms with Gasteiger partial charge in [-0.2, -0.15) is 0 Å². The van der Waals surface area contributed by atoms with E-state index in [9.17, 15) is 14.4 Å². The molecule has 2 bridgehead atoms. The lowest BCUT2D eigenvalue weighted by Crippen LogP contribution is -2.58. The molecule has 2 saturated heterocycles. The zero-order chi connectivity index (χ0) is 24.7. The van der Waals surface area contributed by atoms with Crippen LogP contribution in [0.3, 0.4) is 0 Å². The fourth-order valence-corrected chi connectivity index (χ4v) is 6.33. The van der Waals surface area contributed by atoms with Gasteiger partial charge in [0.1, 0.15) is 17.4 Å². The molecule has 6 atom stereocenters. The first kappa shape index (κ1) is 23.9. The molecule has 8 nitrogen and oxygen atoms in total. The number of amides is 3. The van der Waals surface area contributed by atoms with Crippen molar-refractivity contribution in [3.05, 3.63) is 36.4 Å². The van der Waals surface area contributed by atoms with Crippen LogP contribution >= 0.6 is 0 Å². The number of carbonyl (C=O) groups is 3. The lowest BCUT2D eigenvalue weighted by atomic mass is 9.74. The van der Waals surface area contributed by atoms with Crippen molar-refractivity contribution >= 4 is 23.4 Å². The summed E-state index contributed by atoms with van der Waals surface area (Å²) in [5.74, 6) is -1.46. The Morgan fingerprint density at radius 2 is 2.00 bits per heavy atom. The second kappa shape index (κ2) is 9.30. The zero-order valence-corrected chi connectivity index (χ0v) is 20.7. The van der Waals surface area contributed by atoms with E-state index in [0.717, 1.165) is 25.7 Å². The van der Waals surface area contributed by atoms with Crippen molar-refractivity contribution in [3.63, 3.8) is 0 Å². The first-order chi connectivity index (χ1) is 16.9. The molecule has 3 heterocycles. The predicted octanol–water partition coefficient (Wildman–Crippen LogP) is 3.03. The molecule has 8 heteroatoms. The number of hydrogen-bond donors (Lipinski definition) is 2. The summed E-state index contributed by atoms with van der Waals surface area (Å²) in [5, 5.41) is 6.15. The molecule has 35 heavy (non-hydrogen) atoms. The van der Waals surface area contributed by atoms with Crippen molar-refractivity contribution in [3.8, 4) is 5.75 Å². The number of likely N-dealkylation sites (tertiary alicyclic amines) is 1. The van der Waals surface area contributed by atoms with Crippen molar-refractivity contribution in [2.75, 3.05) is 12.4 Å². The monoisotopic (exact) mass is 481 g/mol. The minimum Gasteiger partial charge on any atom is -0.497 e. The molecule has 0 radical (unpaired) electrons. The Hall–Kier alpha value is -2.87. The number of carbonyl (C=O) groups excluding carboxylic acids is 3. The van der Waals surface area contributed by atoms with Gasteiger partial charge in [-0.15, -0.1) is 0 Å². The third kappa shape index (κ3) is 3.92. The third-order valence-corrected chi connectivity index (χ3v) is 8.22. The van der Waals surface area contributed by atoms with Crippen LogP contribution in [0.2, 0.25) is 0 Å². The molecule has 0 aromatic heterocycles. The van der Waals surface area contributed by atoms with Gasteiger partial charge in [0.05, 0.1) is 25.0 Å². The van der Waals surface area contributed by atoms with Gasteiger partial charge in [-0.3, -0.25) is 14.4 Å². The highest BCUT2D eigenvalue weighted by Crippen LogP contribution is 2.55. The number of rotatable bonds is 7. The Bertz CT molecular complexity index is 1040. The zero-order valence-electron chi connectivity index (χ0n) is 20.7. The van der Waals surface area contributed by atoms with Crippen molar-refractivity contribution in [2.24, 2.45) is 11.8 Å². The fraction of sp³-hybridized carbons (Fsp3) is 0.593. The molecule has 4 unspecified atom stereocenters. The number of methoxy groups -OCH3 is 1. The van der Waals surface area contributed by atoms with Gasteiger partial charge in [0.2, 0.25) is 17.7 Å². The third-order valence-electron chi connectivity index (χ3n) is 8.22. The summed E-state index contributed by atoms with van der Waals surface area (Å²) in [6.45, 7) is 3.96. The summed E-state index contributed by atoms with van der Waals surface area (Å²) in [6, 6.07) is 6.30. The van der Waals surface area contributed by atoms with Gasteiger partial charge < -0.3 is 25.0 Å². The van der Waals surface area contributed by atoms with Gasteiger partial charge in [-0.05, 0) is 38.3 Å². The molecule has 1 saturated carbocycles. The molecule has 1 spiro atoms. The SMILES string of the molecule is CCC(C)N1C(=O)[C@@H]2C(C(=O)Nc3cccc(OC)c3)[C@@H]3C=CC2(O3)C1C(=O)NC1CCCCC1. The van der Waals surface area contributed by atoms with E-state index in [0.29, 0.717) is 17.9 Å². The van der Waals surface area contributed by atoms with E-state index in [2.05, 4.69) is 10.6 Å². The molecule has 188 valence electrons. The summed E-state index contributed by atoms with van der Waals surface area (Å²) in [4.78, 5) is 42.8. The van der Waals surface area contributed by atoms with Gasteiger partial charge in [0.15, 0.2) is 0 Å². The van der Waals surface area contributed by atoms with Gasteiger partial charge in [-0.1, -0.05) is 44.4 Å². The summed E-state index contributed by atoms with van der Waals surface area (Å²) in [6.07, 6.45) is 9.17. The number of nitrogens with zero attached hydrogens (tertiary/aromatic N) is 1. The van der Waals surface area contributed by atoms with Crippen LogP contribution < -0.4 is 15.4 Å². The highest BCUT2D eigenvalue weighted by atomic mass is 16.5. The van der Waals surface area contributed by atoms with Gasteiger partial charge in [0, 0.05) is 23.8 Å². The normalized spacial score (nSPS) is 32.4. The van der Waals surface area contributed by atoms with Crippen LogP contribution in [-0.4, -0.2) is 59.6 Å². The Labute approximate surface area is 206 Å². The predicted molar refractivity (Wildman–Crippen MR) is 131 cm³/mol. The second-order valence-electron chi connectivity index (χ2n) is 10.3. The summed E-state index contributed by atoms with van der Waals surface area (Å²) in [5.41, 5.74) is -0.536. The average molecular weight is 482 g/mol. The Morgan fingerprint density at radius 3 is 2.71 bits per heavy atom. The van der Waals surface area contributed by atoms with E-state index in [1.165, 1.54) is 6.42 Å². The summed E-state index contributed by atoms with van der Waals surface area (Å²) < 4.78 is 11.7. The molecule has 5 rings (SSSR count). The van der Waals surface area contributed by atoms with Gasteiger partial charge in [0.25, 0.3) is 0 Å². The van der Waals surface area contributed by atoms with E-state index in [1.54, 1.807) is 36.3 Å². The lowest BCUT2D eigenvalue weighted by molar-refractivity contribution is -0.143. The molecular weight excluding hydrogens is 446 g/mol. The quantitative estimate of drug-likeness (QED) is 0.584. The van der Waals surface area contributed by atoms with Gasteiger partial charge >= 0.3 is 0 Å². The minimum absolute atomic E-state index is 0.121. The minimum atomic E-state index is -1.12. The maximum atomic E-state index is 13.9. The number of anilines is 1. The standard InChI is InChI=1S/C27H35N3O5/c1-4-16(2)30-23(25(32)28-17-9-6-5-7-10-17)27-14-13-20(35-27)21(22(27)26(30)33)24(31)29-18-11-8-12-19(15-18)34-3/h8,11-17,20-23H,4-7,9-10H2,1-3H3,(H,28,32)(H,29,31)/t16?,20-,21?,22-,23?,27?/m0/s1. The van der Waals surface area contributed by atoms with Crippen LogP contribution in [0, 0.1) is 11.8 Å². The molecule has 2 N–H and O–H groups in total. The topological polar surface area (TPSA) is 97.0 Å². The second-order valence-corrected chi connectivity index (χ2v) is 10.3. The van der Waals surface area contributed by atoms with E-state index in [4.69, 9.17) is 9.47 Å². The fourth-order valence-electron chi connectivity index (χ4n) is 6.33. The number of ether oxygens (including phenoxy) is 2. The van der Waals surface area contributed by atoms with Crippen molar-refractivity contribution in [1.82, 2.24) is 10.2 Å². The van der Waals surface area contributed by atoms with Crippen LogP contribution in [0.15, 0.2) is 36.4 Å². The van der Waals surface area contributed by atoms with Crippen LogP contribution in [0.25, 0.3) is 0 Å². The molecule has 3 fully saturated rings. The number of benzene rings is 1. The molecule has 3 amide bonds. The molecule has 1 aromatic rings. The highest BCUT2D eigenvalue weighted by Gasteiger charge is 2.73. The number of fused-ring (bicyclic) bond motifs is 1. The first-order valence-corrected chi connectivity index (χ1v) is 12.8. The van der Waals surface area contributed by atoms with E-state index in [-0.39, 0.29) is 29.8 Å². The maximum Gasteiger partial charge on any atom is 0.246 e. The van der Waals surface area contributed by atoms with Crippen LogP contribution in [-0.2, 0) is 19.1 Å². The Balaban J connectivity index is 1.44. The number of hydrogen-bond acceptors (Lipinski definition) is 5. The Kier molecular flexibility index (Phi) is 6.34. The summed E-state index contributed by atoms with van der Waals surface area (Å²) >= 11 is 0. The van der Waals surface area contributed by atoms with Crippen LogP contribution in [0.4, 0.5) is 5.69 Å². The Morgan fingerprint density at radius 1 is 1.23 bits per heavy atom. The van der Waals surface area contributed by atoms with Crippen LogP contribution in [0.1, 0.15) is 52.4 Å². The van der Waals surface area contributed by atoms with Crippen LogP contribution in [0.5, 0.6) is 5.75 Å². The highest BCUT2D eigenvalue weighted by molar-refractivity contribution is 6.03. The van der Waals surface area contributed by atoms with E-state index >= 15 is 0 Å². The maximum absolute atomic E-state index is 13.9. The molecule has 4 aliphatic rings. The average Bonchev–Trinajstić information content (AvgIpc) is 3.51. The smallest absolute Gasteiger partial charge is 0.246 e. The summed E-state index contributed by atoms with van der Waals surface area (Å²) in [7, 11) is 1.57. The van der Waals surface area contributed by atoms with Crippen molar-refractivity contribution in [2.45, 2.75) is 82.2 Å². The van der Waals surface area contributed by atoms with Gasteiger partial charge in [-0.25, -0.2) is 0 Å². The van der Waals surface area contributed by atoms with Crippen molar-refractivity contribution in [1.29, 1.82) is 0 Å². The molecular formula is C27H35N3O5. The van der Waals surface area contributed by atoms with E-state index < -0.39 is 29.6 Å². The number of nitrogens with one attached hydrogen (secondary N) is 2. The lowest BCUT2D eigenvalue weighted by Gasteiger charge is -2.36. The molecule has 1 aliphatic carbocycles. The largest absolute Gasteiger partial charge is 0.497 e. The first-order valence-electron chi connectivity index (χ1n) is 12.8. The van der Waals surface area contributed by atoms with Crippen molar-refractivity contribution < 1.29 is 23.9 Å².